The van der Waals surface area contributed by atoms with Crippen molar-refractivity contribution in [1.82, 2.24) is 10.6 Å². The molecular weight excluding hydrogens is 444 g/mol. The lowest BCUT2D eigenvalue weighted by Crippen LogP contribution is -2.42. The molecule has 188 valence electrons. The van der Waals surface area contributed by atoms with Crippen molar-refractivity contribution < 1.29 is 24.2 Å². The van der Waals surface area contributed by atoms with E-state index >= 15 is 0 Å². The maximum absolute atomic E-state index is 12.7. The quantitative estimate of drug-likeness (QED) is 0.364. The van der Waals surface area contributed by atoms with E-state index in [-0.39, 0.29) is 43.4 Å². The minimum Gasteiger partial charge on any atom is -0.481 e. The predicted molar refractivity (Wildman–Crippen MR) is 135 cm³/mol. The van der Waals surface area contributed by atoms with Crippen LogP contribution in [0.25, 0.3) is 11.1 Å². The van der Waals surface area contributed by atoms with Gasteiger partial charge in [0.2, 0.25) is 5.91 Å². The largest absolute Gasteiger partial charge is 0.481 e. The van der Waals surface area contributed by atoms with Gasteiger partial charge in [-0.25, -0.2) is 4.79 Å². The van der Waals surface area contributed by atoms with E-state index < -0.39 is 12.1 Å². The lowest BCUT2D eigenvalue weighted by molar-refractivity contribution is -0.137. The van der Waals surface area contributed by atoms with Crippen LogP contribution in [0.3, 0.4) is 0 Å². The molecule has 1 aliphatic carbocycles. The Hall–Kier alpha value is -3.35. The Morgan fingerprint density at radius 1 is 0.914 bits per heavy atom. The number of hydrogen-bond acceptors (Lipinski definition) is 4. The fourth-order valence-corrected chi connectivity index (χ4v) is 4.67. The Kier molecular flexibility index (Phi) is 9.70. The van der Waals surface area contributed by atoms with Gasteiger partial charge in [0.1, 0.15) is 6.61 Å². The number of unbranched alkanes of at least 4 members (excludes halogenated alkanes) is 1. The summed E-state index contributed by atoms with van der Waals surface area (Å²) in [5.41, 5.74) is 4.64. The molecule has 3 N–H and O–H groups in total. The summed E-state index contributed by atoms with van der Waals surface area (Å²) < 4.78 is 5.65. The maximum Gasteiger partial charge on any atom is 0.407 e. The molecule has 0 fully saturated rings. The van der Waals surface area contributed by atoms with Crippen LogP contribution in [0.15, 0.2) is 48.5 Å². The predicted octanol–water partition coefficient (Wildman–Crippen LogP) is 5.23. The van der Waals surface area contributed by atoms with Crippen LogP contribution in [0.2, 0.25) is 0 Å². The number of amides is 2. The van der Waals surface area contributed by atoms with Crippen molar-refractivity contribution in [2.45, 2.75) is 76.8 Å². The molecule has 1 unspecified atom stereocenters. The molecule has 35 heavy (non-hydrogen) atoms. The second-order valence-corrected chi connectivity index (χ2v) is 9.12. The van der Waals surface area contributed by atoms with E-state index in [0.29, 0.717) is 19.3 Å². The fourth-order valence-electron chi connectivity index (χ4n) is 4.67. The topological polar surface area (TPSA) is 105 Å². The van der Waals surface area contributed by atoms with Crippen LogP contribution in [0.1, 0.15) is 75.8 Å². The van der Waals surface area contributed by atoms with Crippen LogP contribution in [0.5, 0.6) is 0 Å². The van der Waals surface area contributed by atoms with E-state index in [1.54, 1.807) is 0 Å². The number of fused-ring (bicyclic) bond motifs is 3. The average Bonchev–Trinajstić information content (AvgIpc) is 3.17. The highest BCUT2D eigenvalue weighted by Crippen LogP contribution is 2.44. The summed E-state index contributed by atoms with van der Waals surface area (Å²) in [7, 11) is 0. The van der Waals surface area contributed by atoms with Gasteiger partial charge in [-0.1, -0.05) is 75.2 Å². The van der Waals surface area contributed by atoms with Crippen molar-refractivity contribution in [2.24, 2.45) is 0 Å². The summed E-state index contributed by atoms with van der Waals surface area (Å²) >= 11 is 0. The van der Waals surface area contributed by atoms with Crippen LogP contribution in [-0.4, -0.2) is 41.8 Å². The number of carbonyl (C=O) groups excluding carboxylic acids is 2. The van der Waals surface area contributed by atoms with Crippen LogP contribution in [-0.2, 0) is 14.3 Å². The van der Waals surface area contributed by atoms with E-state index in [2.05, 4.69) is 41.8 Å². The van der Waals surface area contributed by atoms with Crippen molar-refractivity contribution in [3.8, 4) is 11.1 Å². The SMILES string of the molecule is CCCC[C@@H](CC(=O)NC(CC)CCC(=O)O)NC(=O)OCC1c2ccccc2-c2ccccc21. The van der Waals surface area contributed by atoms with Gasteiger partial charge in [-0.3, -0.25) is 9.59 Å². The van der Waals surface area contributed by atoms with Gasteiger partial charge in [0, 0.05) is 30.8 Å². The number of nitrogens with one attached hydrogen (secondary N) is 2. The number of carboxylic acid groups (broad SMARTS) is 1. The van der Waals surface area contributed by atoms with Gasteiger partial charge in [0.05, 0.1) is 0 Å². The summed E-state index contributed by atoms with van der Waals surface area (Å²) in [5, 5.41) is 14.7. The lowest BCUT2D eigenvalue weighted by Gasteiger charge is -2.21. The molecule has 0 aliphatic heterocycles. The summed E-state index contributed by atoms with van der Waals surface area (Å²) in [4.78, 5) is 36.1. The Labute approximate surface area is 207 Å². The molecule has 7 heteroatoms. The van der Waals surface area contributed by atoms with Crippen molar-refractivity contribution >= 4 is 18.0 Å². The summed E-state index contributed by atoms with van der Waals surface area (Å²) in [5.74, 6) is -1.09. The standard InChI is InChI=1S/C28H36N2O5/c1-3-5-10-20(17-26(31)29-19(4-2)15-16-27(32)33)30-28(34)35-18-25-23-13-8-6-11-21(23)22-12-7-9-14-24(22)25/h6-9,11-14,19-20,25H,3-5,10,15-18H2,1-2H3,(H,29,31)(H,30,34)(H,32,33)/t19?,20-/m0/s1. The second kappa shape index (κ2) is 12.9. The zero-order chi connectivity index (χ0) is 25.2. The molecule has 0 saturated heterocycles. The number of benzene rings is 2. The van der Waals surface area contributed by atoms with Crippen LogP contribution in [0, 0.1) is 0 Å². The van der Waals surface area contributed by atoms with Gasteiger partial charge >= 0.3 is 12.1 Å². The number of rotatable bonds is 13. The van der Waals surface area contributed by atoms with E-state index in [1.165, 1.54) is 11.1 Å². The summed E-state index contributed by atoms with van der Waals surface area (Å²) in [6.07, 6.45) is 3.14. The Morgan fingerprint density at radius 2 is 1.54 bits per heavy atom. The van der Waals surface area contributed by atoms with Crippen LogP contribution < -0.4 is 10.6 Å². The first kappa shape index (κ1) is 26.3. The normalized spacial score (nSPS) is 13.9. The highest BCUT2D eigenvalue weighted by Gasteiger charge is 2.29. The molecule has 0 aromatic heterocycles. The van der Waals surface area contributed by atoms with E-state index in [9.17, 15) is 14.4 Å². The van der Waals surface area contributed by atoms with Crippen LogP contribution >= 0.6 is 0 Å². The third-order valence-corrected chi connectivity index (χ3v) is 6.57. The summed E-state index contributed by atoms with van der Waals surface area (Å²) in [6, 6.07) is 15.8. The van der Waals surface area contributed by atoms with Crippen LogP contribution in [0.4, 0.5) is 4.79 Å². The van der Waals surface area contributed by atoms with Gasteiger partial charge in [-0.2, -0.15) is 0 Å². The van der Waals surface area contributed by atoms with Crippen molar-refractivity contribution in [3.63, 3.8) is 0 Å². The third kappa shape index (κ3) is 7.31. The molecule has 0 bridgehead atoms. The van der Waals surface area contributed by atoms with E-state index in [1.807, 2.05) is 31.2 Å². The second-order valence-electron chi connectivity index (χ2n) is 9.12. The molecular formula is C28H36N2O5. The fraction of sp³-hybridized carbons (Fsp3) is 0.464. The monoisotopic (exact) mass is 480 g/mol. The van der Waals surface area contributed by atoms with E-state index in [4.69, 9.17) is 9.84 Å². The molecule has 0 spiro atoms. The summed E-state index contributed by atoms with van der Waals surface area (Å²) in [6.45, 7) is 4.19. The maximum atomic E-state index is 12.7. The number of carbonyl (C=O) groups is 3. The molecule has 0 saturated carbocycles. The van der Waals surface area contributed by atoms with Crippen molar-refractivity contribution in [3.05, 3.63) is 59.7 Å². The molecule has 2 atom stereocenters. The van der Waals surface area contributed by atoms with E-state index in [0.717, 1.165) is 24.0 Å². The number of aliphatic carboxylic acids is 1. The first-order chi connectivity index (χ1) is 16.9. The number of ether oxygens (including phenoxy) is 1. The highest BCUT2D eigenvalue weighted by atomic mass is 16.5. The molecule has 2 aromatic carbocycles. The van der Waals surface area contributed by atoms with Crippen molar-refractivity contribution in [2.75, 3.05) is 6.61 Å². The zero-order valence-electron chi connectivity index (χ0n) is 20.6. The molecule has 2 aromatic rings. The van der Waals surface area contributed by atoms with Gasteiger partial charge in [-0.15, -0.1) is 0 Å². The minimum absolute atomic E-state index is 0.00997. The average molecular weight is 481 g/mol. The molecule has 7 nitrogen and oxygen atoms in total. The third-order valence-electron chi connectivity index (χ3n) is 6.57. The highest BCUT2D eigenvalue weighted by molar-refractivity contribution is 5.79. The molecule has 1 aliphatic rings. The van der Waals surface area contributed by atoms with Gasteiger partial charge < -0.3 is 20.5 Å². The molecule has 0 radical (unpaired) electrons. The molecule has 2 amide bonds. The molecule has 3 rings (SSSR count). The number of alkyl carbamates (subject to hydrolysis) is 1. The van der Waals surface area contributed by atoms with Gasteiger partial charge in [0.15, 0.2) is 0 Å². The first-order valence-corrected chi connectivity index (χ1v) is 12.6. The molecule has 0 heterocycles. The number of carboxylic acids is 1. The number of hydrogen-bond donors (Lipinski definition) is 3. The minimum atomic E-state index is -0.879. The Bertz CT molecular complexity index is 976. The van der Waals surface area contributed by atoms with Gasteiger partial charge in [-0.05, 0) is 41.5 Å². The van der Waals surface area contributed by atoms with Gasteiger partial charge in [0.25, 0.3) is 0 Å². The smallest absolute Gasteiger partial charge is 0.407 e. The Morgan fingerprint density at radius 3 is 2.11 bits per heavy atom. The zero-order valence-corrected chi connectivity index (χ0v) is 20.6. The Balaban J connectivity index is 1.57. The first-order valence-electron chi connectivity index (χ1n) is 12.6. The van der Waals surface area contributed by atoms with Crippen molar-refractivity contribution in [1.29, 1.82) is 0 Å². The lowest BCUT2D eigenvalue weighted by atomic mass is 9.98.